The fourth-order valence-electron chi connectivity index (χ4n) is 4.67. The lowest BCUT2D eigenvalue weighted by Crippen LogP contribution is -2.36. The number of halogens is 3. The number of fused-ring (bicyclic) bond motifs is 2. The molecule has 2 atom stereocenters. The summed E-state index contributed by atoms with van der Waals surface area (Å²) in [5.74, 6) is -0.192. The van der Waals surface area contributed by atoms with Gasteiger partial charge in [-0.05, 0) is 30.9 Å². The highest BCUT2D eigenvalue weighted by Crippen LogP contribution is 2.46. The topological polar surface area (TPSA) is 92.0 Å². The van der Waals surface area contributed by atoms with Crippen LogP contribution in [0.3, 0.4) is 0 Å². The van der Waals surface area contributed by atoms with Crippen LogP contribution in [-0.4, -0.2) is 29.0 Å². The normalized spacial score (nSPS) is 19.0. The molecule has 0 spiro atoms. The Bertz CT molecular complexity index is 1310. The number of hydrogen-bond donors (Lipinski definition) is 2. The zero-order valence-corrected chi connectivity index (χ0v) is 18.9. The number of alkyl halides is 3. The highest BCUT2D eigenvalue weighted by atomic mass is 32.1. The Morgan fingerprint density at radius 3 is 2.88 bits per heavy atom. The zero-order chi connectivity index (χ0) is 24.0. The number of carbonyl (C=O) groups is 1. The van der Waals surface area contributed by atoms with E-state index in [9.17, 15) is 23.2 Å². The second-order valence-electron chi connectivity index (χ2n) is 8.21. The van der Waals surface area contributed by atoms with Gasteiger partial charge in [-0.2, -0.15) is 23.5 Å². The number of aryl methyl sites for hydroxylation is 1. The van der Waals surface area contributed by atoms with Crippen molar-refractivity contribution in [3.8, 4) is 11.8 Å². The number of nitriles is 1. The molecule has 7 nitrogen and oxygen atoms in total. The maximum Gasteiger partial charge on any atom is 0.410 e. The smallest absolute Gasteiger partial charge is 0.410 e. The van der Waals surface area contributed by atoms with Crippen LogP contribution in [0.1, 0.15) is 56.9 Å². The van der Waals surface area contributed by atoms with Gasteiger partial charge in [-0.25, -0.2) is 4.68 Å². The van der Waals surface area contributed by atoms with Gasteiger partial charge in [-0.15, -0.1) is 11.3 Å². The van der Waals surface area contributed by atoms with Gasteiger partial charge in [0.1, 0.15) is 28.2 Å². The molecule has 11 heteroatoms. The number of methoxy groups -OCH3 is 1. The third kappa shape index (κ3) is 3.68. The number of thiophene rings is 1. The number of carbonyl (C=O) groups excluding carboxylic acids is 1. The van der Waals surface area contributed by atoms with Crippen LogP contribution in [0.5, 0.6) is 5.75 Å². The molecule has 0 fully saturated rings. The van der Waals surface area contributed by atoms with E-state index in [1.807, 2.05) is 0 Å². The lowest BCUT2D eigenvalue weighted by Gasteiger charge is -2.34. The minimum Gasteiger partial charge on any atom is -0.496 e. The number of nitrogens with one attached hydrogen (secondary N) is 2. The van der Waals surface area contributed by atoms with Gasteiger partial charge in [0.25, 0.3) is 5.91 Å². The van der Waals surface area contributed by atoms with Crippen molar-refractivity contribution in [3.63, 3.8) is 0 Å². The van der Waals surface area contributed by atoms with E-state index in [0.717, 1.165) is 40.6 Å². The van der Waals surface area contributed by atoms with Crippen molar-refractivity contribution in [3.05, 3.63) is 57.6 Å². The lowest BCUT2D eigenvalue weighted by molar-refractivity contribution is -0.173. The molecule has 2 aromatic heterocycles. The van der Waals surface area contributed by atoms with Crippen molar-refractivity contribution in [2.45, 2.75) is 43.9 Å². The summed E-state index contributed by atoms with van der Waals surface area (Å²) in [7, 11) is 1.46. The molecule has 1 aliphatic heterocycles. The Morgan fingerprint density at radius 1 is 1.35 bits per heavy atom. The van der Waals surface area contributed by atoms with Crippen LogP contribution in [0.2, 0.25) is 0 Å². The Hall–Kier alpha value is -3.52. The molecule has 5 rings (SSSR count). The van der Waals surface area contributed by atoms with E-state index in [1.165, 1.54) is 18.4 Å². The summed E-state index contributed by atoms with van der Waals surface area (Å²) in [6.45, 7) is 0. The first-order chi connectivity index (χ1) is 16.3. The molecule has 176 valence electrons. The second kappa shape index (κ2) is 8.36. The molecule has 34 heavy (non-hydrogen) atoms. The molecule has 0 saturated heterocycles. The van der Waals surface area contributed by atoms with Gasteiger partial charge in [-0.1, -0.05) is 18.2 Å². The highest BCUT2D eigenvalue weighted by Gasteiger charge is 2.47. The van der Waals surface area contributed by atoms with Crippen molar-refractivity contribution in [1.29, 1.82) is 5.26 Å². The molecule has 3 heterocycles. The lowest BCUT2D eigenvalue weighted by atomic mass is 9.95. The minimum absolute atomic E-state index is 0.0219. The van der Waals surface area contributed by atoms with Gasteiger partial charge >= 0.3 is 6.18 Å². The fourth-order valence-corrected chi connectivity index (χ4v) is 5.90. The third-order valence-electron chi connectivity index (χ3n) is 6.26. The Labute approximate surface area is 197 Å². The van der Waals surface area contributed by atoms with Crippen molar-refractivity contribution in [2.24, 2.45) is 0 Å². The Morgan fingerprint density at radius 2 is 2.15 bits per heavy atom. The molecule has 0 saturated carbocycles. The van der Waals surface area contributed by atoms with Gasteiger partial charge in [0.15, 0.2) is 6.04 Å². The average Bonchev–Trinajstić information content (AvgIpc) is 3.52. The third-order valence-corrected chi connectivity index (χ3v) is 7.46. The molecule has 2 N–H and O–H groups in total. The number of para-hydroxylation sites is 1. The van der Waals surface area contributed by atoms with E-state index < -0.39 is 24.2 Å². The average molecular weight is 488 g/mol. The molecule has 0 bridgehead atoms. The second-order valence-corrected chi connectivity index (χ2v) is 9.32. The number of nitrogens with zero attached hydrogens (tertiary/aromatic N) is 3. The predicted octanol–water partition coefficient (Wildman–Crippen LogP) is 5.23. The molecular formula is C23H20F3N5O2S. The fraction of sp³-hybridized carbons (Fsp3) is 0.348. The number of hydrogen-bond acceptors (Lipinski definition) is 6. The van der Waals surface area contributed by atoms with E-state index in [0.29, 0.717) is 21.9 Å². The van der Waals surface area contributed by atoms with Crippen LogP contribution >= 0.6 is 11.3 Å². The van der Waals surface area contributed by atoms with E-state index >= 15 is 0 Å². The molecule has 1 aliphatic carbocycles. The van der Waals surface area contributed by atoms with E-state index in [4.69, 9.17) is 4.74 Å². The van der Waals surface area contributed by atoms with Crippen molar-refractivity contribution < 1.29 is 22.7 Å². The van der Waals surface area contributed by atoms with Crippen LogP contribution < -0.4 is 15.4 Å². The van der Waals surface area contributed by atoms with Gasteiger partial charge in [0, 0.05) is 16.9 Å². The first kappa shape index (κ1) is 22.3. The monoisotopic (exact) mass is 487 g/mol. The van der Waals surface area contributed by atoms with Gasteiger partial charge in [-0.3, -0.25) is 4.79 Å². The molecule has 2 aliphatic rings. The number of rotatable bonds is 4. The minimum atomic E-state index is -4.57. The van der Waals surface area contributed by atoms with Crippen molar-refractivity contribution in [1.82, 2.24) is 9.78 Å². The predicted molar refractivity (Wildman–Crippen MR) is 120 cm³/mol. The van der Waals surface area contributed by atoms with Crippen LogP contribution in [0.25, 0.3) is 0 Å². The summed E-state index contributed by atoms with van der Waals surface area (Å²) in [5.41, 5.74) is 1.91. The molecule has 1 amide bonds. The van der Waals surface area contributed by atoms with Crippen LogP contribution in [-0.2, 0) is 12.8 Å². The first-order valence-electron chi connectivity index (χ1n) is 10.7. The first-order valence-corrected chi connectivity index (χ1v) is 11.5. The van der Waals surface area contributed by atoms with Gasteiger partial charge in [0.05, 0.1) is 24.9 Å². The number of aromatic nitrogens is 2. The molecule has 1 aromatic carbocycles. The summed E-state index contributed by atoms with van der Waals surface area (Å²) < 4.78 is 48.1. The maximum atomic E-state index is 14.0. The Kier molecular flexibility index (Phi) is 5.48. The number of ether oxygens (including phenoxy) is 1. The Balaban J connectivity index is 1.51. The summed E-state index contributed by atoms with van der Waals surface area (Å²) in [6.07, 6.45) is -1.15. The van der Waals surface area contributed by atoms with Crippen molar-refractivity contribution in [2.75, 3.05) is 17.7 Å². The number of amides is 1. The summed E-state index contributed by atoms with van der Waals surface area (Å²) in [4.78, 5) is 14.2. The van der Waals surface area contributed by atoms with Crippen molar-refractivity contribution >= 4 is 28.1 Å². The van der Waals surface area contributed by atoms with E-state index in [-0.39, 0.29) is 17.8 Å². The standard InChI is InChI=1S/C23H20F3N5O2S/c1-33-17-7-3-2-5-13(17)16-9-19(23(24,25)26)31-20(29-16)15(11-28-31)21(32)30-22-14(10-27)12-6-4-8-18(12)34-22/h2-3,5,7,11,16,19,29H,4,6,8-9H2,1H3,(H,30,32)/t16-,19+/m1/s1. The SMILES string of the molecule is COc1ccccc1[C@H]1C[C@@H](C(F)(F)F)n2ncc(C(=O)Nc3sc4c(c3C#N)CCC4)c2N1. The van der Waals surface area contributed by atoms with Crippen LogP contribution in [0.15, 0.2) is 30.5 Å². The summed E-state index contributed by atoms with van der Waals surface area (Å²) >= 11 is 1.34. The van der Waals surface area contributed by atoms with Gasteiger partial charge < -0.3 is 15.4 Å². The van der Waals surface area contributed by atoms with E-state index in [2.05, 4.69) is 21.8 Å². The van der Waals surface area contributed by atoms with Gasteiger partial charge in [0.2, 0.25) is 0 Å². The van der Waals surface area contributed by atoms with Crippen LogP contribution in [0, 0.1) is 11.3 Å². The highest BCUT2D eigenvalue weighted by molar-refractivity contribution is 7.16. The molecular weight excluding hydrogens is 467 g/mol. The summed E-state index contributed by atoms with van der Waals surface area (Å²) in [6, 6.07) is 6.32. The zero-order valence-electron chi connectivity index (χ0n) is 18.1. The maximum absolute atomic E-state index is 14.0. The van der Waals surface area contributed by atoms with Crippen LogP contribution in [0.4, 0.5) is 24.0 Å². The van der Waals surface area contributed by atoms with E-state index in [1.54, 1.807) is 24.3 Å². The largest absolute Gasteiger partial charge is 0.496 e. The quantitative estimate of drug-likeness (QED) is 0.526. The summed E-state index contributed by atoms with van der Waals surface area (Å²) in [5, 5.41) is 19.7. The molecule has 0 unspecified atom stereocenters. The number of benzene rings is 1. The molecule has 3 aromatic rings. The number of anilines is 2. The molecule has 0 radical (unpaired) electrons.